The SMILES string of the molecule is NC(=O)c1cccc(C(=O)Nc2ccc(F)nc2)c1. The highest BCUT2D eigenvalue weighted by Gasteiger charge is 2.09. The Labute approximate surface area is 108 Å². The van der Waals surface area contributed by atoms with Crippen LogP contribution in [0.25, 0.3) is 0 Å². The number of hydrogen-bond acceptors (Lipinski definition) is 3. The van der Waals surface area contributed by atoms with Crippen molar-refractivity contribution in [3.8, 4) is 0 Å². The molecular weight excluding hydrogens is 249 g/mol. The van der Waals surface area contributed by atoms with E-state index in [1.165, 1.54) is 24.4 Å². The maximum absolute atomic E-state index is 12.6. The number of amides is 2. The Bertz CT molecular complexity index is 626. The van der Waals surface area contributed by atoms with Crippen LogP contribution in [-0.4, -0.2) is 16.8 Å². The summed E-state index contributed by atoms with van der Waals surface area (Å²) < 4.78 is 12.6. The summed E-state index contributed by atoms with van der Waals surface area (Å²) in [4.78, 5) is 26.3. The minimum atomic E-state index is -0.631. The molecule has 0 spiro atoms. The number of anilines is 1. The average molecular weight is 259 g/mol. The molecule has 0 atom stereocenters. The number of pyridine rings is 1. The van der Waals surface area contributed by atoms with Gasteiger partial charge in [-0.25, -0.2) is 4.98 Å². The molecule has 0 unspecified atom stereocenters. The third-order valence-electron chi connectivity index (χ3n) is 2.39. The molecule has 6 heteroatoms. The lowest BCUT2D eigenvalue weighted by Crippen LogP contribution is -2.15. The molecular formula is C13H10FN3O2. The number of nitrogens with two attached hydrogens (primary N) is 1. The van der Waals surface area contributed by atoms with Gasteiger partial charge >= 0.3 is 0 Å². The Morgan fingerprint density at radius 1 is 1.16 bits per heavy atom. The van der Waals surface area contributed by atoms with E-state index in [2.05, 4.69) is 10.3 Å². The largest absolute Gasteiger partial charge is 0.366 e. The van der Waals surface area contributed by atoms with E-state index in [1.807, 2.05) is 0 Å². The van der Waals surface area contributed by atoms with E-state index in [0.717, 1.165) is 6.07 Å². The number of hydrogen-bond donors (Lipinski definition) is 2. The number of nitrogens with zero attached hydrogens (tertiary/aromatic N) is 1. The molecule has 0 saturated heterocycles. The zero-order chi connectivity index (χ0) is 13.8. The van der Waals surface area contributed by atoms with Crippen LogP contribution in [-0.2, 0) is 0 Å². The van der Waals surface area contributed by atoms with Gasteiger partial charge < -0.3 is 11.1 Å². The standard InChI is InChI=1S/C13H10FN3O2/c14-11-5-4-10(7-16-11)17-13(19)9-3-1-2-8(6-9)12(15)18/h1-7H,(H2,15,18)(H,17,19). The Morgan fingerprint density at radius 2 is 1.89 bits per heavy atom. The minimum Gasteiger partial charge on any atom is -0.366 e. The highest BCUT2D eigenvalue weighted by Crippen LogP contribution is 2.10. The Morgan fingerprint density at radius 3 is 2.53 bits per heavy atom. The molecule has 96 valence electrons. The molecule has 0 aliphatic rings. The number of rotatable bonds is 3. The third-order valence-corrected chi connectivity index (χ3v) is 2.39. The zero-order valence-corrected chi connectivity index (χ0v) is 9.76. The van der Waals surface area contributed by atoms with Crippen molar-refractivity contribution in [3.63, 3.8) is 0 Å². The van der Waals surface area contributed by atoms with Gasteiger partial charge in [-0.1, -0.05) is 6.07 Å². The fourth-order valence-electron chi connectivity index (χ4n) is 1.47. The van der Waals surface area contributed by atoms with E-state index in [9.17, 15) is 14.0 Å². The number of primary amides is 1. The second-order valence-electron chi connectivity index (χ2n) is 3.77. The molecule has 0 aliphatic carbocycles. The number of nitrogens with one attached hydrogen (secondary N) is 1. The summed E-state index contributed by atoms with van der Waals surface area (Å²) in [7, 11) is 0. The first-order chi connectivity index (χ1) is 9.06. The summed E-state index contributed by atoms with van der Waals surface area (Å²) in [6.07, 6.45) is 1.20. The average Bonchev–Trinajstić information content (AvgIpc) is 2.41. The van der Waals surface area contributed by atoms with Gasteiger partial charge in [-0.3, -0.25) is 9.59 Å². The van der Waals surface area contributed by atoms with Crippen LogP contribution in [0.4, 0.5) is 10.1 Å². The number of halogens is 1. The fourth-order valence-corrected chi connectivity index (χ4v) is 1.47. The van der Waals surface area contributed by atoms with E-state index >= 15 is 0 Å². The van der Waals surface area contributed by atoms with Gasteiger partial charge in [0.1, 0.15) is 0 Å². The normalized spacial score (nSPS) is 9.95. The summed E-state index contributed by atoms with van der Waals surface area (Å²) in [6, 6.07) is 8.51. The topological polar surface area (TPSA) is 85.1 Å². The monoisotopic (exact) mass is 259 g/mol. The minimum absolute atomic E-state index is 0.241. The van der Waals surface area contributed by atoms with Crippen LogP contribution in [0.3, 0.4) is 0 Å². The second-order valence-corrected chi connectivity index (χ2v) is 3.77. The van der Waals surface area contributed by atoms with E-state index in [0.29, 0.717) is 5.69 Å². The molecule has 2 rings (SSSR count). The first-order valence-corrected chi connectivity index (χ1v) is 5.39. The molecule has 0 aliphatic heterocycles. The molecule has 3 N–H and O–H groups in total. The third kappa shape index (κ3) is 3.12. The van der Waals surface area contributed by atoms with E-state index in [1.54, 1.807) is 12.1 Å². The highest BCUT2D eigenvalue weighted by atomic mass is 19.1. The van der Waals surface area contributed by atoms with Gasteiger partial charge in [-0.15, -0.1) is 0 Å². The molecule has 0 bridgehead atoms. The van der Waals surface area contributed by atoms with Crippen molar-refractivity contribution in [2.45, 2.75) is 0 Å². The lowest BCUT2D eigenvalue weighted by molar-refractivity contribution is 0.1000. The van der Waals surface area contributed by atoms with Crippen LogP contribution in [0.5, 0.6) is 0 Å². The van der Waals surface area contributed by atoms with E-state index in [4.69, 9.17) is 5.73 Å². The first-order valence-electron chi connectivity index (χ1n) is 5.39. The summed E-state index contributed by atoms with van der Waals surface area (Å²) in [5, 5.41) is 2.53. The number of benzene rings is 1. The number of aromatic nitrogens is 1. The fraction of sp³-hybridized carbons (Fsp3) is 0. The first kappa shape index (κ1) is 12.7. The van der Waals surface area contributed by atoms with Gasteiger partial charge in [-0.05, 0) is 30.3 Å². The van der Waals surface area contributed by atoms with Gasteiger partial charge in [0.25, 0.3) is 5.91 Å². The van der Waals surface area contributed by atoms with Crippen LogP contribution < -0.4 is 11.1 Å². The number of carbonyl (C=O) groups is 2. The molecule has 2 aromatic rings. The van der Waals surface area contributed by atoms with Crippen LogP contribution >= 0.6 is 0 Å². The van der Waals surface area contributed by atoms with Gasteiger partial charge in [-0.2, -0.15) is 4.39 Å². The Balaban J connectivity index is 2.18. The quantitative estimate of drug-likeness (QED) is 0.820. The van der Waals surface area contributed by atoms with Crippen molar-refractivity contribution >= 4 is 17.5 Å². The van der Waals surface area contributed by atoms with E-state index in [-0.39, 0.29) is 11.1 Å². The van der Waals surface area contributed by atoms with Gasteiger partial charge in [0.15, 0.2) is 0 Å². The molecule has 0 saturated carbocycles. The van der Waals surface area contributed by atoms with Crippen molar-refractivity contribution in [2.24, 2.45) is 5.73 Å². The molecule has 19 heavy (non-hydrogen) atoms. The smallest absolute Gasteiger partial charge is 0.255 e. The summed E-state index contributed by atoms with van der Waals surface area (Å²) in [5.74, 6) is -1.68. The molecule has 1 aromatic carbocycles. The molecule has 0 radical (unpaired) electrons. The van der Waals surface area contributed by atoms with Gasteiger partial charge in [0, 0.05) is 11.1 Å². The van der Waals surface area contributed by atoms with Crippen LogP contribution in [0, 0.1) is 5.95 Å². The Hall–Kier alpha value is -2.76. The van der Waals surface area contributed by atoms with E-state index < -0.39 is 17.8 Å². The molecule has 5 nitrogen and oxygen atoms in total. The van der Waals surface area contributed by atoms with Crippen molar-refractivity contribution in [1.29, 1.82) is 0 Å². The highest BCUT2D eigenvalue weighted by molar-refractivity contribution is 6.05. The molecule has 1 aromatic heterocycles. The lowest BCUT2D eigenvalue weighted by Gasteiger charge is -2.05. The van der Waals surface area contributed by atoms with Crippen molar-refractivity contribution < 1.29 is 14.0 Å². The molecule has 2 amide bonds. The van der Waals surface area contributed by atoms with Crippen LogP contribution in [0.15, 0.2) is 42.6 Å². The lowest BCUT2D eigenvalue weighted by atomic mass is 10.1. The summed E-state index contributed by atoms with van der Waals surface area (Å²) in [6.45, 7) is 0. The maximum atomic E-state index is 12.6. The van der Waals surface area contributed by atoms with Crippen molar-refractivity contribution in [3.05, 3.63) is 59.7 Å². The molecule has 0 fully saturated rings. The van der Waals surface area contributed by atoms with Gasteiger partial charge in [0.2, 0.25) is 11.9 Å². The molecule has 1 heterocycles. The van der Waals surface area contributed by atoms with Crippen LogP contribution in [0.2, 0.25) is 0 Å². The maximum Gasteiger partial charge on any atom is 0.255 e. The van der Waals surface area contributed by atoms with Crippen molar-refractivity contribution in [1.82, 2.24) is 4.98 Å². The van der Waals surface area contributed by atoms with Crippen molar-refractivity contribution in [2.75, 3.05) is 5.32 Å². The zero-order valence-electron chi connectivity index (χ0n) is 9.76. The van der Waals surface area contributed by atoms with Crippen LogP contribution in [0.1, 0.15) is 20.7 Å². The Kier molecular flexibility index (Phi) is 3.51. The second kappa shape index (κ2) is 5.26. The summed E-state index contributed by atoms with van der Waals surface area (Å²) >= 11 is 0. The predicted molar refractivity (Wildman–Crippen MR) is 67.1 cm³/mol. The van der Waals surface area contributed by atoms with Gasteiger partial charge in [0.05, 0.1) is 11.9 Å². The number of carbonyl (C=O) groups excluding carboxylic acids is 2. The predicted octanol–water partition coefficient (Wildman–Crippen LogP) is 1.57. The summed E-state index contributed by atoms with van der Waals surface area (Å²) in [5.41, 5.74) is 6.01.